The van der Waals surface area contributed by atoms with Crippen molar-refractivity contribution in [2.45, 2.75) is 32.6 Å². The van der Waals surface area contributed by atoms with Gasteiger partial charge in [-0.05, 0) is 25.8 Å². The van der Waals surface area contributed by atoms with E-state index < -0.39 is 11.4 Å². The molecule has 1 heterocycles. The van der Waals surface area contributed by atoms with Crippen LogP contribution in [0.2, 0.25) is 0 Å². The van der Waals surface area contributed by atoms with Crippen molar-refractivity contribution in [2.24, 2.45) is 12.5 Å². The molecule has 4 heteroatoms. The monoisotopic (exact) mass is 208 g/mol. The van der Waals surface area contributed by atoms with Crippen LogP contribution in [0, 0.1) is 12.3 Å². The van der Waals surface area contributed by atoms with Crippen LogP contribution >= 0.6 is 0 Å². The molecule has 1 fully saturated rings. The summed E-state index contributed by atoms with van der Waals surface area (Å²) in [6.45, 7) is 1.93. The topological polar surface area (TPSA) is 55.1 Å². The fourth-order valence-corrected chi connectivity index (χ4v) is 2.25. The highest BCUT2D eigenvalue weighted by molar-refractivity contribution is 5.76. The van der Waals surface area contributed by atoms with Gasteiger partial charge in [-0.3, -0.25) is 9.48 Å². The van der Waals surface area contributed by atoms with Gasteiger partial charge in [0.05, 0.1) is 11.1 Å². The number of rotatable bonds is 3. The van der Waals surface area contributed by atoms with Crippen LogP contribution in [0.5, 0.6) is 0 Å². The first-order valence-corrected chi connectivity index (χ1v) is 5.26. The number of carboxylic acid groups (broad SMARTS) is 1. The first-order valence-electron chi connectivity index (χ1n) is 5.26. The van der Waals surface area contributed by atoms with Gasteiger partial charge in [0.25, 0.3) is 0 Å². The van der Waals surface area contributed by atoms with E-state index in [1.54, 1.807) is 4.68 Å². The number of nitrogens with zero attached hydrogens (tertiary/aromatic N) is 2. The Balaban J connectivity index is 2.20. The summed E-state index contributed by atoms with van der Waals surface area (Å²) < 4.78 is 1.79. The molecule has 0 atom stereocenters. The van der Waals surface area contributed by atoms with E-state index in [1.807, 2.05) is 20.0 Å². The summed E-state index contributed by atoms with van der Waals surface area (Å²) in [5.74, 6) is -0.660. The third-order valence-electron chi connectivity index (χ3n) is 3.38. The smallest absolute Gasteiger partial charge is 0.310 e. The van der Waals surface area contributed by atoms with Crippen LogP contribution in [-0.2, 0) is 18.3 Å². The maximum atomic E-state index is 11.2. The molecular weight excluding hydrogens is 192 g/mol. The number of aromatic nitrogens is 2. The number of aliphatic carboxylic acids is 1. The van der Waals surface area contributed by atoms with Crippen LogP contribution in [-0.4, -0.2) is 20.9 Å². The van der Waals surface area contributed by atoms with Crippen LogP contribution in [0.15, 0.2) is 6.07 Å². The maximum Gasteiger partial charge on any atom is 0.310 e. The van der Waals surface area contributed by atoms with E-state index in [4.69, 9.17) is 0 Å². The van der Waals surface area contributed by atoms with E-state index in [1.165, 1.54) is 0 Å². The minimum atomic E-state index is -0.660. The van der Waals surface area contributed by atoms with Crippen molar-refractivity contribution in [3.05, 3.63) is 17.5 Å². The van der Waals surface area contributed by atoms with Gasteiger partial charge in [-0.15, -0.1) is 0 Å². The van der Waals surface area contributed by atoms with Crippen LogP contribution in [0.1, 0.15) is 30.7 Å². The molecule has 1 aromatic rings. The average Bonchev–Trinajstić information content (AvgIpc) is 2.37. The summed E-state index contributed by atoms with van der Waals surface area (Å²) in [6, 6.07) is 1.98. The second-order valence-electron chi connectivity index (χ2n) is 4.52. The molecule has 0 radical (unpaired) electrons. The molecule has 0 amide bonds. The lowest BCUT2D eigenvalue weighted by Gasteiger charge is -2.37. The highest BCUT2D eigenvalue weighted by Crippen LogP contribution is 2.43. The van der Waals surface area contributed by atoms with Crippen molar-refractivity contribution < 1.29 is 9.90 Å². The van der Waals surface area contributed by atoms with Gasteiger partial charge < -0.3 is 5.11 Å². The second-order valence-corrected chi connectivity index (χ2v) is 4.52. The summed E-state index contributed by atoms with van der Waals surface area (Å²) >= 11 is 0. The van der Waals surface area contributed by atoms with E-state index in [0.29, 0.717) is 6.42 Å². The molecule has 1 saturated carbocycles. The maximum absolute atomic E-state index is 11.2. The zero-order chi connectivity index (χ0) is 11.1. The van der Waals surface area contributed by atoms with Crippen molar-refractivity contribution >= 4 is 5.97 Å². The molecule has 2 rings (SSSR count). The van der Waals surface area contributed by atoms with Crippen molar-refractivity contribution in [3.8, 4) is 0 Å². The van der Waals surface area contributed by atoms with E-state index in [2.05, 4.69) is 5.10 Å². The molecule has 82 valence electrons. The van der Waals surface area contributed by atoms with Gasteiger partial charge in [-0.1, -0.05) is 6.42 Å². The Bertz CT molecular complexity index is 391. The summed E-state index contributed by atoms with van der Waals surface area (Å²) in [5, 5.41) is 13.4. The van der Waals surface area contributed by atoms with E-state index in [9.17, 15) is 9.90 Å². The molecule has 1 aliphatic rings. The van der Waals surface area contributed by atoms with Crippen LogP contribution < -0.4 is 0 Å². The van der Waals surface area contributed by atoms with Gasteiger partial charge in [-0.25, -0.2) is 0 Å². The average molecular weight is 208 g/mol. The SMILES string of the molecule is Cc1cc(CC2(C(=O)O)CCC2)n(C)n1. The highest BCUT2D eigenvalue weighted by atomic mass is 16.4. The van der Waals surface area contributed by atoms with E-state index in [0.717, 1.165) is 30.7 Å². The summed E-state index contributed by atoms with van der Waals surface area (Å²) in [5.41, 5.74) is 1.46. The molecule has 0 spiro atoms. The lowest BCUT2D eigenvalue weighted by atomic mass is 9.66. The number of hydrogen-bond donors (Lipinski definition) is 1. The number of hydrogen-bond acceptors (Lipinski definition) is 2. The van der Waals surface area contributed by atoms with Crippen LogP contribution in [0.4, 0.5) is 0 Å². The molecular formula is C11H16N2O2. The quantitative estimate of drug-likeness (QED) is 0.819. The summed E-state index contributed by atoms with van der Waals surface area (Å²) in [4.78, 5) is 11.2. The van der Waals surface area contributed by atoms with Gasteiger partial charge in [0.2, 0.25) is 0 Å². The first-order chi connectivity index (χ1) is 7.03. The first kappa shape index (κ1) is 10.2. The zero-order valence-electron chi connectivity index (χ0n) is 9.16. The van der Waals surface area contributed by atoms with Crippen LogP contribution in [0.25, 0.3) is 0 Å². The second kappa shape index (κ2) is 3.36. The molecule has 0 saturated heterocycles. The van der Waals surface area contributed by atoms with Gasteiger partial charge >= 0.3 is 5.97 Å². The van der Waals surface area contributed by atoms with E-state index >= 15 is 0 Å². The number of carboxylic acids is 1. The third-order valence-corrected chi connectivity index (χ3v) is 3.38. The fourth-order valence-electron chi connectivity index (χ4n) is 2.25. The molecule has 0 aromatic carbocycles. The number of carbonyl (C=O) groups is 1. The fraction of sp³-hybridized carbons (Fsp3) is 0.636. The Hall–Kier alpha value is -1.32. The largest absolute Gasteiger partial charge is 0.481 e. The highest BCUT2D eigenvalue weighted by Gasteiger charge is 2.44. The Morgan fingerprint density at radius 1 is 1.67 bits per heavy atom. The van der Waals surface area contributed by atoms with Gasteiger partial charge in [0.1, 0.15) is 0 Å². The molecule has 0 unspecified atom stereocenters. The van der Waals surface area contributed by atoms with Gasteiger partial charge in [-0.2, -0.15) is 5.10 Å². The summed E-state index contributed by atoms with van der Waals surface area (Å²) in [7, 11) is 1.87. The lowest BCUT2D eigenvalue weighted by molar-refractivity contribution is -0.154. The Kier molecular flexibility index (Phi) is 2.29. The van der Waals surface area contributed by atoms with Crippen molar-refractivity contribution in [2.75, 3.05) is 0 Å². The Morgan fingerprint density at radius 3 is 2.67 bits per heavy atom. The Morgan fingerprint density at radius 2 is 2.33 bits per heavy atom. The molecule has 1 N–H and O–H groups in total. The molecule has 0 aliphatic heterocycles. The lowest BCUT2D eigenvalue weighted by Crippen LogP contribution is -2.40. The summed E-state index contributed by atoms with van der Waals surface area (Å²) in [6.07, 6.45) is 3.24. The molecule has 4 nitrogen and oxygen atoms in total. The number of aryl methyl sites for hydroxylation is 2. The van der Waals surface area contributed by atoms with Gasteiger partial charge in [0.15, 0.2) is 0 Å². The normalized spacial score (nSPS) is 18.5. The predicted molar refractivity (Wildman–Crippen MR) is 55.6 cm³/mol. The third kappa shape index (κ3) is 1.64. The molecule has 0 bridgehead atoms. The van der Waals surface area contributed by atoms with Crippen LogP contribution in [0.3, 0.4) is 0 Å². The van der Waals surface area contributed by atoms with Crippen molar-refractivity contribution in [3.63, 3.8) is 0 Å². The molecule has 1 aliphatic carbocycles. The van der Waals surface area contributed by atoms with Crippen molar-refractivity contribution in [1.82, 2.24) is 9.78 Å². The molecule has 15 heavy (non-hydrogen) atoms. The van der Waals surface area contributed by atoms with Gasteiger partial charge in [0, 0.05) is 19.2 Å². The van der Waals surface area contributed by atoms with E-state index in [-0.39, 0.29) is 0 Å². The predicted octanol–water partition coefficient (Wildman–Crippen LogP) is 1.53. The minimum Gasteiger partial charge on any atom is -0.481 e. The molecule has 1 aromatic heterocycles. The zero-order valence-corrected chi connectivity index (χ0v) is 9.16. The standard InChI is InChI=1S/C11H16N2O2/c1-8-6-9(13(2)12-8)7-11(10(14)15)4-3-5-11/h6H,3-5,7H2,1-2H3,(H,14,15). The Labute approximate surface area is 88.9 Å². The minimum absolute atomic E-state index is 0.514. The van der Waals surface area contributed by atoms with Crippen molar-refractivity contribution in [1.29, 1.82) is 0 Å².